The van der Waals surface area contributed by atoms with E-state index in [-0.39, 0.29) is 12.6 Å². The molecule has 5 heteroatoms. The molecule has 0 bridgehead atoms. The minimum Gasteiger partial charge on any atom is -0.486 e. The highest BCUT2D eigenvalue weighted by Gasteiger charge is 2.18. The molecular formula is C15H21NO4. The molecule has 1 aromatic rings. The lowest BCUT2D eigenvalue weighted by Crippen LogP contribution is -2.34. The number of carbonyl (C=O) groups excluding carboxylic acids is 2. The van der Waals surface area contributed by atoms with Crippen molar-refractivity contribution in [2.45, 2.75) is 39.3 Å². The third kappa shape index (κ3) is 5.73. The summed E-state index contributed by atoms with van der Waals surface area (Å²) in [5.41, 5.74) is 0.408. The molecule has 20 heavy (non-hydrogen) atoms. The monoisotopic (exact) mass is 279 g/mol. The Hall–Kier alpha value is -2.04. The summed E-state index contributed by atoms with van der Waals surface area (Å²) in [6, 6.07) is 7.01. The minimum atomic E-state index is -0.518. The fourth-order valence-electron chi connectivity index (χ4n) is 1.55. The molecule has 0 saturated heterocycles. The Bertz CT molecular complexity index is 448. The van der Waals surface area contributed by atoms with Gasteiger partial charge in [-0.15, -0.1) is 0 Å². The van der Waals surface area contributed by atoms with E-state index < -0.39 is 11.7 Å². The lowest BCUT2D eigenvalue weighted by Gasteiger charge is -2.22. The average Bonchev–Trinajstić information content (AvgIpc) is 2.34. The first-order valence-electron chi connectivity index (χ1n) is 6.48. The van der Waals surface area contributed by atoms with Gasteiger partial charge in [-0.3, -0.25) is 4.79 Å². The molecule has 0 aliphatic carbocycles. The van der Waals surface area contributed by atoms with Crippen molar-refractivity contribution < 1.29 is 19.1 Å². The molecule has 0 aromatic heterocycles. The van der Waals surface area contributed by atoms with E-state index >= 15 is 0 Å². The Morgan fingerprint density at radius 3 is 2.40 bits per heavy atom. The lowest BCUT2D eigenvalue weighted by molar-refractivity contribution is -0.109. The van der Waals surface area contributed by atoms with Crippen molar-refractivity contribution in [3.8, 4) is 5.75 Å². The number of alkyl carbamates (subject to hydrolysis) is 1. The SMILES string of the molecule is C[C@@H](NC(=O)OC(C)(C)C)c1ccc(OCC=O)cc1. The molecule has 0 saturated carbocycles. The first-order chi connectivity index (χ1) is 9.31. The molecule has 0 heterocycles. The molecule has 0 fully saturated rings. The Labute approximate surface area is 119 Å². The van der Waals surface area contributed by atoms with Crippen LogP contribution in [0.25, 0.3) is 0 Å². The minimum absolute atomic E-state index is 0.0328. The second-order valence-corrected chi connectivity index (χ2v) is 5.41. The molecule has 110 valence electrons. The topological polar surface area (TPSA) is 64.6 Å². The van der Waals surface area contributed by atoms with E-state index in [0.29, 0.717) is 12.0 Å². The fraction of sp³-hybridized carbons (Fsp3) is 0.467. The van der Waals surface area contributed by atoms with E-state index in [0.717, 1.165) is 5.56 Å². The summed E-state index contributed by atoms with van der Waals surface area (Å²) < 4.78 is 10.3. The fourth-order valence-corrected chi connectivity index (χ4v) is 1.55. The van der Waals surface area contributed by atoms with Crippen LogP contribution < -0.4 is 10.1 Å². The van der Waals surface area contributed by atoms with E-state index in [4.69, 9.17) is 9.47 Å². The summed E-state index contributed by atoms with van der Waals surface area (Å²) in [6.45, 7) is 7.35. The third-order valence-electron chi connectivity index (χ3n) is 2.43. The predicted molar refractivity (Wildman–Crippen MR) is 75.8 cm³/mol. The summed E-state index contributed by atoms with van der Waals surface area (Å²) in [4.78, 5) is 21.9. The second-order valence-electron chi connectivity index (χ2n) is 5.41. The molecule has 1 aromatic carbocycles. The van der Waals surface area contributed by atoms with Crippen LogP contribution in [0.15, 0.2) is 24.3 Å². The van der Waals surface area contributed by atoms with E-state index in [1.165, 1.54) is 0 Å². The zero-order valence-electron chi connectivity index (χ0n) is 12.3. The van der Waals surface area contributed by atoms with Gasteiger partial charge in [0, 0.05) is 0 Å². The van der Waals surface area contributed by atoms with Crippen molar-refractivity contribution in [2.24, 2.45) is 0 Å². The summed E-state index contributed by atoms with van der Waals surface area (Å²) in [6.07, 6.45) is 0.243. The molecule has 1 rings (SSSR count). The molecule has 1 atom stereocenters. The van der Waals surface area contributed by atoms with Crippen LogP contribution >= 0.6 is 0 Å². The van der Waals surface area contributed by atoms with Gasteiger partial charge in [-0.1, -0.05) is 12.1 Å². The molecule has 5 nitrogen and oxygen atoms in total. The van der Waals surface area contributed by atoms with Crippen molar-refractivity contribution in [1.29, 1.82) is 0 Å². The van der Waals surface area contributed by atoms with Gasteiger partial charge in [-0.25, -0.2) is 4.79 Å². The van der Waals surface area contributed by atoms with Gasteiger partial charge in [0.2, 0.25) is 0 Å². The van der Waals surface area contributed by atoms with Crippen molar-refractivity contribution in [3.63, 3.8) is 0 Å². The summed E-state index contributed by atoms with van der Waals surface area (Å²) in [5, 5.41) is 2.76. The standard InChI is InChI=1S/C15H21NO4/c1-11(16-14(18)20-15(2,3)4)12-5-7-13(8-6-12)19-10-9-17/h5-9,11H,10H2,1-4H3,(H,16,18)/t11-/m1/s1. The van der Waals surface area contributed by atoms with Crippen LogP contribution in [0.2, 0.25) is 0 Å². The van der Waals surface area contributed by atoms with Gasteiger partial charge in [-0.2, -0.15) is 0 Å². The Balaban J connectivity index is 2.57. The number of ether oxygens (including phenoxy) is 2. The maximum Gasteiger partial charge on any atom is 0.408 e. The zero-order chi connectivity index (χ0) is 15.2. The van der Waals surface area contributed by atoms with Crippen LogP contribution in [0, 0.1) is 0 Å². The number of aldehydes is 1. The highest BCUT2D eigenvalue weighted by Crippen LogP contribution is 2.18. The van der Waals surface area contributed by atoms with Crippen molar-refractivity contribution in [2.75, 3.05) is 6.61 Å². The largest absolute Gasteiger partial charge is 0.486 e. The van der Waals surface area contributed by atoms with Crippen LogP contribution in [-0.4, -0.2) is 24.6 Å². The predicted octanol–water partition coefficient (Wildman–Crippen LogP) is 2.85. The Kier molecular flexibility index (Phi) is 5.55. The first kappa shape index (κ1) is 16.0. The van der Waals surface area contributed by atoms with E-state index in [1.807, 2.05) is 39.8 Å². The lowest BCUT2D eigenvalue weighted by atomic mass is 10.1. The van der Waals surface area contributed by atoms with Crippen LogP contribution in [0.4, 0.5) is 4.79 Å². The number of benzene rings is 1. The van der Waals surface area contributed by atoms with Crippen LogP contribution in [0.5, 0.6) is 5.75 Å². The van der Waals surface area contributed by atoms with Crippen molar-refractivity contribution in [3.05, 3.63) is 29.8 Å². The average molecular weight is 279 g/mol. The zero-order valence-corrected chi connectivity index (χ0v) is 12.3. The van der Waals surface area contributed by atoms with Crippen molar-refractivity contribution in [1.82, 2.24) is 5.32 Å². The number of amides is 1. The number of nitrogens with one attached hydrogen (secondary N) is 1. The first-order valence-corrected chi connectivity index (χ1v) is 6.48. The maximum absolute atomic E-state index is 11.7. The Morgan fingerprint density at radius 1 is 1.30 bits per heavy atom. The van der Waals surface area contributed by atoms with Crippen LogP contribution in [0.3, 0.4) is 0 Å². The molecule has 0 radical (unpaired) electrons. The van der Waals surface area contributed by atoms with Gasteiger partial charge in [0.1, 0.15) is 18.0 Å². The molecule has 0 unspecified atom stereocenters. The number of hydrogen-bond acceptors (Lipinski definition) is 4. The van der Waals surface area contributed by atoms with E-state index in [2.05, 4.69) is 5.32 Å². The van der Waals surface area contributed by atoms with Crippen LogP contribution in [-0.2, 0) is 9.53 Å². The Morgan fingerprint density at radius 2 is 1.90 bits per heavy atom. The van der Waals surface area contributed by atoms with E-state index in [1.54, 1.807) is 12.1 Å². The smallest absolute Gasteiger partial charge is 0.408 e. The second kappa shape index (κ2) is 6.93. The van der Waals surface area contributed by atoms with Gasteiger partial charge < -0.3 is 14.8 Å². The normalized spacial score (nSPS) is 12.4. The molecular weight excluding hydrogens is 258 g/mol. The van der Waals surface area contributed by atoms with Crippen LogP contribution in [0.1, 0.15) is 39.3 Å². The van der Waals surface area contributed by atoms with Gasteiger partial charge in [-0.05, 0) is 45.4 Å². The number of carbonyl (C=O) groups is 2. The summed E-state index contributed by atoms with van der Waals surface area (Å²) in [7, 11) is 0. The highest BCUT2D eigenvalue weighted by molar-refractivity contribution is 5.68. The van der Waals surface area contributed by atoms with Gasteiger partial charge in [0.25, 0.3) is 0 Å². The molecule has 0 aliphatic rings. The molecule has 1 amide bonds. The highest BCUT2D eigenvalue weighted by atomic mass is 16.6. The van der Waals surface area contributed by atoms with Gasteiger partial charge in [0.05, 0.1) is 6.04 Å². The summed E-state index contributed by atoms with van der Waals surface area (Å²) >= 11 is 0. The van der Waals surface area contributed by atoms with Gasteiger partial charge >= 0.3 is 6.09 Å². The van der Waals surface area contributed by atoms with E-state index in [9.17, 15) is 9.59 Å². The quantitative estimate of drug-likeness (QED) is 0.842. The number of hydrogen-bond donors (Lipinski definition) is 1. The maximum atomic E-state index is 11.7. The summed E-state index contributed by atoms with van der Waals surface area (Å²) in [5.74, 6) is 0.616. The van der Waals surface area contributed by atoms with Gasteiger partial charge in [0.15, 0.2) is 6.29 Å². The van der Waals surface area contributed by atoms with Crippen molar-refractivity contribution >= 4 is 12.4 Å². The molecule has 1 N–H and O–H groups in total. The molecule has 0 aliphatic heterocycles. The third-order valence-corrected chi connectivity index (χ3v) is 2.43. The number of rotatable bonds is 5. The molecule has 0 spiro atoms.